The maximum atomic E-state index is 5.82. The first-order valence-corrected chi connectivity index (χ1v) is 3.42. The molecule has 5 heteroatoms. The largest absolute Gasteiger partial charge is 0.444 e. The van der Waals surface area contributed by atoms with Crippen LogP contribution in [0.5, 0.6) is 0 Å². The van der Waals surface area contributed by atoms with Crippen LogP contribution < -0.4 is 5.73 Å². The van der Waals surface area contributed by atoms with Crippen molar-refractivity contribution in [3.63, 3.8) is 0 Å². The molecule has 1 fully saturated rings. The van der Waals surface area contributed by atoms with Crippen LogP contribution in [0.1, 0.15) is 24.5 Å². The van der Waals surface area contributed by atoms with Crippen LogP contribution in [0.25, 0.3) is 0 Å². The summed E-state index contributed by atoms with van der Waals surface area (Å²) in [7, 11) is 0. The molecule has 1 aliphatic rings. The zero-order valence-corrected chi connectivity index (χ0v) is 8.37. The minimum Gasteiger partial charge on any atom is -0.444 e. The van der Waals surface area contributed by atoms with Gasteiger partial charge in [0.05, 0.1) is 11.7 Å². The van der Waals surface area contributed by atoms with Gasteiger partial charge in [-0.05, 0) is 19.8 Å². The van der Waals surface area contributed by atoms with Crippen molar-refractivity contribution in [1.82, 2.24) is 4.98 Å². The third-order valence-electron chi connectivity index (χ3n) is 1.84. The van der Waals surface area contributed by atoms with E-state index >= 15 is 0 Å². The Hall–Kier alpha value is -0.250. The monoisotopic (exact) mass is 210 g/mol. The summed E-state index contributed by atoms with van der Waals surface area (Å²) in [6, 6.07) is 0. The van der Waals surface area contributed by atoms with Gasteiger partial charge in [0.1, 0.15) is 5.76 Å². The van der Waals surface area contributed by atoms with Crippen LogP contribution in [0.2, 0.25) is 0 Å². The summed E-state index contributed by atoms with van der Waals surface area (Å²) >= 11 is 0. The van der Waals surface area contributed by atoms with E-state index in [0.29, 0.717) is 5.89 Å². The van der Waals surface area contributed by atoms with Crippen LogP contribution in [0, 0.1) is 6.92 Å². The first-order chi connectivity index (χ1) is 4.71. The normalized spacial score (nSPS) is 17.5. The van der Waals surface area contributed by atoms with Gasteiger partial charge in [-0.25, -0.2) is 4.98 Å². The molecule has 1 saturated carbocycles. The second-order valence-corrected chi connectivity index (χ2v) is 2.93. The number of aromatic nitrogens is 1. The summed E-state index contributed by atoms with van der Waals surface area (Å²) in [4.78, 5) is 4.06. The Morgan fingerprint density at radius 3 is 2.42 bits per heavy atom. The van der Waals surface area contributed by atoms with Gasteiger partial charge in [-0.3, -0.25) is 0 Å². The Kier molecular flexibility index (Phi) is 3.57. The molecular formula is C7H12Cl2N2O. The molecule has 0 radical (unpaired) electrons. The summed E-state index contributed by atoms with van der Waals surface area (Å²) in [6.07, 6.45) is 3.72. The topological polar surface area (TPSA) is 52.0 Å². The van der Waals surface area contributed by atoms with Crippen molar-refractivity contribution >= 4 is 24.8 Å². The predicted octanol–water partition coefficient (Wildman–Crippen LogP) is 1.77. The molecule has 2 rings (SSSR count). The molecule has 0 saturated heterocycles. The standard InChI is InChI=1S/C7H10N2O.2ClH/c1-5-4-9-6(10-5)7(8)2-3-7;;/h4H,2-3,8H2,1H3;2*1H. The van der Waals surface area contributed by atoms with Crippen molar-refractivity contribution in [3.8, 4) is 0 Å². The summed E-state index contributed by atoms with van der Waals surface area (Å²) in [6.45, 7) is 1.88. The second-order valence-electron chi connectivity index (χ2n) is 2.93. The summed E-state index contributed by atoms with van der Waals surface area (Å²) in [5.41, 5.74) is 5.61. The molecule has 0 aromatic carbocycles. The van der Waals surface area contributed by atoms with E-state index in [9.17, 15) is 0 Å². The fourth-order valence-electron chi connectivity index (χ4n) is 0.933. The minimum absolute atomic E-state index is 0. The number of rotatable bonds is 1. The average molecular weight is 211 g/mol. The van der Waals surface area contributed by atoms with Gasteiger partial charge in [-0.15, -0.1) is 24.8 Å². The average Bonchev–Trinajstić information content (AvgIpc) is 2.45. The molecule has 1 heterocycles. The number of hydrogen-bond donors (Lipinski definition) is 1. The molecule has 0 amide bonds. The van der Waals surface area contributed by atoms with Crippen LogP contribution in [-0.2, 0) is 5.54 Å². The van der Waals surface area contributed by atoms with E-state index in [0.717, 1.165) is 18.6 Å². The molecule has 0 spiro atoms. The van der Waals surface area contributed by atoms with Crippen LogP contribution in [-0.4, -0.2) is 4.98 Å². The first-order valence-electron chi connectivity index (χ1n) is 3.42. The number of oxazole rings is 1. The fraction of sp³-hybridized carbons (Fsp3) is 0.571. The Labute approximate surface area is 83.5 Å². The van der Waals surface area contributed by atoms with Gasteiger partial charge >= 0.3 is 0 Å². The first kappa shape index (κ1) is 11.8. The van der Waals surface area contributed by atoms with Crippen LogP contribution in [0.15, 0.2) is 10.6 Å². The number of halogens is 2. The maximum Gasteiger partial charge on any atom is 0.214 e. The summed E-state index contributed by atoms with van der Waals surface area (Å²) in [5.74, 6) is 1.54. The lowest BCUT2D eigenvalue weighted by molar-refractivity contribution is 0.423. The van der Waals surface area contributed by atoms with Crippen molar-refractivity contribution in [3.05, 3.63) is 17.8 Å². The molecule has 12 heavy (non-hydrogen) atoms. The molecule has 3 nitrogen and oxygen atoms in total. The highest BCUT2D eigenvalue weighted by atomic mass is 35.5. The predicted molar refractivity (Wildman–Crippen MR) is 50.8 cm³/mol. The second kappa shape index (κ2) is 3.64. The van der Waals surface area contributed by atoms with E-state index < -0.39 is 0 Å². The van der Waals surface area contributed by atoms with Crippen LogP contribution >= 0.6 is 24.8 Å². The Morgan fingerprint density at radius 2 is 2.08 bits per heavy atom. The molecule has 1 aromatic rings. The lowest BCUT2D eigenvalue weighted by atomic mass is 10.3. The van der Waals surface area contributed by atoms with Gasteiger partial charge in [-0.1, -0.05) is 0 Å². The number of hydrogen-bond acceptors (Lipinski definition) is 3. The fourth-order valence-corrected chi connectivity index (χ4v) is 0.933. The van der Waals surface area contributed by atoms with Gasteiger partial charge in [0.2, 0.25) is 5.89 Å². The van der Waals surface area contributed by atoms with Crippen LogP contribution in [0.4, 0.5) is 0 Å². The van der Waals surface area contributed by atoms with Crippen molar-refractivity contribution < 1.29 is 4.42 Å². The van der Waals surface area contributed by atoms with E-state index in [1.165, 1.54) is 0 Å². The zero-order chi connectivity index (χ0) is 7.19. The Morgan fingerprint density at radius 1 is 1.50 bits per heavy atom. The number of nitrogens with zero attached hydrogens (tertiary/aromatic N) is 1. The van der Waals surface area contributed by atoms with E-state index in [4.69, 9.17) is 10.2 Å². The van der Waals surface area contributed by atoms with E-state index in [-0.39, 0.29) is 30.4 Å². The highest BCUT2D eigenvalue weighted by Crippen LogP contribution is 2.41. The van der Waals surface area contributed by atoms with Crippen molar-refractivity contribution in [2.24, 2.45) is 5.73 Å². The molecule has 2 N–H and O–H groups in total. The van der Waals surface area contributed by atoms with E-state index in [2.05, 4.69) is 4.98 Å². The molecule has 1 aromatic heterocycles. The van der Waals surface area contributed by atoms with Crippen molar-refractivity contribution in [2.45, 2.75) is 25.3 Å². The van der Waals surface area contributed by atoms with Gasteiger partial charge in [0.25, 0.3) is 0 Å². The van der Waals surface area contributed by atoms with E-state index in [1.807, 2.05) is 6.92 Å². The number of aryl methyl sites for hydroxylation is 1. The smallest absolute Gasteiger partial charge is 0.214 e. The molecular weight excluding hydrogens is 199 g/mol. The van der Waals surface area contributed by atoms with E-state index in [1.54, 1.807) is 6.20 Å². The quantitative estimate of drug-likeness (QED) is 0.770. The molecule has 0 atom stereocenters. The summed E-state index contributed by atoms with van der Waals surface area (Å²) < 4.78 is 5.27. The molecule has 0 unspecified atom stereocenters. The highest BCUT2D eigenvalue weighted by Gasteiger charge is 2.44. The maximum absolute atomic E-state index is 5.82. The SMILES string of the molecule is Cc1cnc(C2(N)CC2)o1.Cl.Cl. The van der Waals surface area contributed by atoms with Crippen LogP contribution in [0.3, 0.4) is 0 Å². The third kappa shape index (κ3) is 1.91. The Balaban J connectivity index is 0.000000605. The summed E-state index contributed by atoms with van der Waals surface area (Å²) in [5, 5.41) is 0. The lowest BCUT2D eigenvalue weighted by Gasteiger charge is -1.99. The molecule has 0 aliphatic heterocycles. The zero-order valence-electron chi connectivity index (χ0n) is 6.74. The van der Waals surface area contributed by atoms with Gasteiger partial charge < -0.3 is 10.2 Å². The van der Waals surface area contributed by atoms with Gasteiger partial charge in [0, 0.05) is 0 Å². The minimum atomic E-state index is -0.214. The van der Waals surface area contributed by atoms with Gasteiger partial charge in [0.15, 0.2) is 0 Å². The third-order valence-corrected chi connectivity index (χ3v) is 1.84. The van der Waals surface area contributed by atoms with Gasteiger partial charge in [-0.2, -0.15) is 0 Å². The van der Waals surface area contributed by atoms with Crippen molar-refractivity contribution in [2.75, 3.05) is 0 Å². The van der Waals surface area contributed by atoms with Crippen molar-refractivity contribution in [1.29, 1.82) is 0 Å². The number of nitrogens with two attached hydrogens (primary N) is 1. The molecule has 1 aliphatic carbocycles. The Bertz CT molecular complexity index is 258. The lowest BCUT2D eigenvalue weighted by Crippen LogP contribution is -2.18. The highest BCUT2D eigenvalue weighted by molar-refractivity contribution is 5.85. The molecule has 70 valence electrons. The molecule has 0 bridgehead atoms.